The Morgan fingerprint density at radius 2 is 1.97 bits per heavy atom. The molecule has 204 valence electrons. The lowest BCUT2D eigenvalue weighted by atomic mass is 9.78. The van der Waals surface area contributed by atoms with Crippen LogP contribution in [0.15, 0.2) is 56.7 Å². The zero-order chi connectivity index (χ0) is 27.5. The predicted octanol–water partition coefficient (Wildman–Crippen LogP) is 5.59. The quantitative estimate of drug-likeness (QED) is 0.364. The maximum atomic E-state index is 13.9. The van der Waals surface area contributed by atoms with E-state index in [-0.39, 0.29) is 29.2 Å². The molecule has 0 saturated heterocycles. The summed E-state index contributed by atoms with van der Waals surface area (Å²) in [7, 11) is 1.30. The number of carbonyl (C=O) groups excluding carboxylic acids is 2. The van der Waals surface area contributed by atoms with Gasteiger partial charge in [0, 0.05) is 33.8 Å². The zero-order valence-electron chi connectivity index (χ0n) is 21.3. The van der Waals surface area contributed by atoms with E-state index in [0.717, 1.165) is 12.8 Å². The number of ether oxygens (including phenoxy) is 2. The van der Waals surface area contributed by atoms with E-state index in [9.17, 15) is 14.0 Å². The maximum Gasteiger partial charge on any atom is 0.360 e. The molecule has 9 nitrogen and oxygen atoms in total. The van der Waals surface area contributed by atoms with Gasteiger partial charge in [-0.05, 0) is 50.7 Å². The van der Waals surface area contributed by atoms with Gasteiger partial charge in [0.15, 0.2) is 22.4 Å². The van der Waals surface area contributed by atoms with Crippen molar-refractivity contribution < 1.29 is 27.9 Å². The SMILES string of the molecule is CCOC(=O)C1=C(C2CCC(c3nc(C(=O)OC)co3)CC2)NC(c2nccs2)=NC1c1ccc(F)cc1Cl. The van der Waals surface area contributed by atoms with E-state index >= 15 is 0 Å². The van der Waals surface area contributed by atoms with Crippen molar-refractivity contribution in [3.05, 3.63) is 80.3 Å². The van der Waals surface area contributed by atoms with Crippen LogP contribution < -0.4 is 5.32 Å². The number of rotatable bonds is 7. The molecule has 1 aliphatic heterocycles. The second-order valence-corrected chi connectivity index (χ2v) is 10.5. The van der Waals surface area contributed by atoms with Crippen molar-refractivity contribution in [2.75, 3.05) is 13.7 Å². The Kier molecular flexibility index (Phi) is 8.08. The first-order chi connectivity index (χ1) is 18.9. The van der Waals surface area contributed by atoms with E-state index in [4.69, 9.17) is 30.5 Å². The lowest BCUT2D eigenvalue weighted by Gasteiger charge is -2.34. The van der Waals surface area contributed by atoms with Crippen molar-refractivity contribution in [3.63, 3.8) is 0 Å². The highest BCUT2D eigenvalue weighted by atomic mass is 35.5. The van der Waals surface area contributed by atoms with Gasteiger partial charge in [-0.15, -0.1) is 11.3 Å². The van der Waals surface area contributed by atoms with E-state index in [2.05, 4.69) is 15.3 Å². The molecule has 1 saturated carbocycles. The van der Waals surface area contributed by atoms with Crippen LogP contribution in [0.25, 0.3) is 0 Å². The van der Waals surface area contributed by atoms with Gasteiger partial charge in [-0.25, -0.2) is 23.9 Å². The van der Waals surface area contributed by atoms with Crippen LogP contribution >= 0.6 is 22.9 Å². The second kappa shape index (κ2) is 11.7. The number of allylic oxidation sites excluding steroid dienone is 1. The molecule has 5 rings (SSSR count). The molecule has 0 amide bonds. The number of halogens is 2. The minimum Gasteiger partial charge on any atom is -0.464 e. The molecule has 1 unspecified atom stereocenters. The molecule has 0 bridgehead atoms. The first-order valence-corrected chi connectivity index (χ1v) is 13.8. The Morgan fingerprint density at radius 1 is 1.21 bits per heavy atom. The fraction of sp³-hybridized carbons (Fsp3) is 0.370. The number of thiazole rings is 1. The highest BCUT2D eigenvalue weighted by molar-refractivity contribution is 7.11. The third-order valence-corrected chi connectivity index (χ3v) is 7.97. The van der Waals surface area contributed by atoms with Crippen LogP contribution in [0.2, 0.25) is 5.02 Å². The minimum absolute atomic E-state index is 0.0179. The number of nitrogens with zero attached hydrogens (tertiary/aromatic N) is 3. The first-order valence-electron chi connectivity index (χ1n) is 12.5. The third-order valence-electron chi connectivity index (χ3n) is 6.86. The minimum atomic E-state index is -0.806. The highest BCUT2D eigenvalue weighted by Gasteiger charge is 2.38. The molecule has 1 fully saturated rings. The molecule has 2 aliphatic rings. The summed E-state index contributed by atoms with van der Waals surface area (Å²) in [4.78, 5) is 38.7. The summed E-state index contributed by atoms with van der Waals surface area (Å²) in [6.07, 6.45) is 5.85. The van der Waals surface area contributed by atoms with Gasteiger partial charge in [0.1, 0.15) is 18.1 Å². The molecule has 1 N–H and O–H groups in total. The Labute approximate surface area is 233 Å². The topological polar surface area (TPSA) is 116 Å². The number of aromatic nitrogens is 2. The first kappa shape index (κ1) is 27.0. The van der Waals surface area contributed by atoms with Crippen molar-refractivity contribution in [3.8, 4) is 0 Å². The Hall–Kier alpha value is -3.57. The van der Waals surface area contributed by atoms with Crippen molar-refractivity contribution >= 4 is 40.7 Å². The van der Waals surface area contributed by atoms with E-state index < -0.39 is 23.8 Å². The van der Waals surface area contributed by atoms with Crippen LogP contribution in [0.1, 0.15) is 71.5 Å². The molecule has 3 heterocycles. The van der Waals surface area contributed by atoms with E-state index in [1.165, 1.54) is 36.8 Å². The smallest absolute Gasteiger partial charge is 0.360 e. The summed E-state index contributed by atoms with van der Waals surface area (Å²) in [5, 5.41) is 6.05. The van der Waals surface area contributed by atoms with Gasteiger partial charge in [0.05, 0.1) is 19.3 Å². The van der Waals surface area contributed by atoms with Gasteiger partial charge < -0.3 is 19.2 Å². The monoisotopic (exact) mass is 572 g/mol. The number of aliphatic imine (C=N–C) groups is 1. The third kappa shape index (κ3) is 5.60. The summed E-state index contributed by atoms with van der Waals surface area (Å²) < 4.78 is 29.7. The number of carbonyl (C=O) groups is 2. The van der Waals surface area contributed by atoms with Crippen LogP contribution in [0.4, 0.5) is 4.39 Å². The largest absolute Gasteiger partial charge is 0.464 e. The molecule has 1 atom stereocenters. The number of benzene rings is 1. The number of methoxy groups -OCH3 is 1. The number of hydrogen-bond donors (Lipinski definition) is 1. The van der Waals surface area contributed by atoms with Crippen LogP contribution in [0.5, 0.6) is 0 Å². The molecule has 1 aliphatic carbocycles. The molecule has 12 heteroatoms. The number of esters is 2. The van der Waals surface area contributed by atoms with E-state index in [1.54, 1.807) is 19.2 Å². The van der Waals surface area contributed by atoms with Crippen molar-refractivity contribution in [1.29, 1.82) is 0 Å². The van der Waals surface area contributed by atoms with Crippen molar-refractivity contribution in [2.45, 2.75) is 44.6 Å². The van der Waals surface area contributed by atoms with Gasteiger partial charge >= 0.3 is 11.9 Å². The lowest BCUT2D eigenvalue weighted by Crippen LogP contribution is -2.38. The van der Waals surface area contributed by atoms with Gasteiger partial charge in [-0.2, -0.15) is 0 Å². The summed E-state index contributed by atoms with van der Waals surface area (Å²) in [6.45, 7) is 1.92. The fourth-order valence-electron chi connectivity index (χ4n) is 5.02. The van der Waals surface area contributed by atoms with Gasteiger partial charge in [-0.1, -0.05) is 17.7 Å². The van der Waals surface area contributed by atoms with Crippen molar-refractivity contribution in [2.24, 2.45) is 10.9 Å². The number of amidine groups is 1. The molecule has 1 aromatic carbocycles. The molecule has 2 aromatic heterocycles. The van der Waals surface area contributed by atoms with E-state index in [0.29, 0.717) is 46.4 Å². The molecule has 3 aromatic rings. The van der Waals surface area contributed by atoms with E-state index in [1.807, 2.05) is 5.38 Å². The Bertz CT molecular complexity index is 1430. The molecular weight excluding hydrogens is 547 g/mol. The Balaban J connectivity index is 1.50. The summed E-state index contributed by atoms with van der Waals surface area (Å²) in [6, 6.07) is 3.25. The lowest BCUT2D eigenvalue weighted by molar-refractivity contribution is -0.139. The zero-order valence-corrected chi connectivity index (χ0v) is 22.9. The average Bonchev–Trinajstić information content (AvgIpc) is 3.65. The van der Waals surface area contributed by atoms with Crippen LogP contribution in [0, 0.1) is 11.7 Å². The molecular formula is C27H26ClFN4O5S. The summed E-state index contributed by atoms with van der Waals surface area (Å²) in [5.41, 5.74) is 1.68. The molecule has 0 spiro atoms. The van der Waals surface area contributed by atoms with Crippen LogP contribution in [-0.4, -0.2) is 41.5 Å². The Morgan fingerprint density at radius 3 is 2.64 bits per heavy atom. The van der Waals surface area contributed by atoms with Crippen LogP contribution in [-0.2, 0) is 14.3 Å². The second-order valence-electron chi connectivity index (χ2n) is 9.17. The summed E-state index contributed by atoms with van der Waals surface area (Å²) in [5.74, 6) is -0.558. The predicted molar refractivity (Wildman–Crippen MR) is 142 cm³/mol. The normalized spacial score (nSPS) is 21.2. The van der Waals surface area contributed by atoms with Crippen LogP contribution in [0.3, 0.4) is 0 Å². The maximum absolute atomic E-state index is 13.9. The van der Waals surface area contributed by atoms with Gasteiger partial charge in [0.25, 0.3) is 0 Å². The van der Waals surface area contributed by atoms with Crippen molar-refractivity contribution in [1.82, 2.24) is 15.3 Å². The van der Waals surface area contributed by atoms with Gasteiger partial charge in [-0.3, -0.25) is 4.99 Å². The number of oxazole rings is 1. The summed E-state index contributed by atoms with van der Waals surface area (Å²) >= 11 is 7.88. The standard InChI is InChI=1S/C27H26ClFN4O5S/c1-3-37-27(35)20-21(14-4-6-15(7-5-14)24-31-19(13-38-24)26(34)36-2)32-23(25-30-10-11-39-25)33-22(20)17-9-8-16(29)12-18(17)28/h8-15,22H,3-7H2,1-2H3,(H,32,33). The fourth-order valence-corrected chi connectivity index (χ4v) is 5.88. The highest BCUT2D eigenvalue weighted by Crippen LogP contribution is 2.43. The molecule has 0 radical (unpaired) electrons. The number of nitrogens with one attached hydrogen (secondary N) is 1. The number of hydrogen-bond acceptors (Lipinski definition) is 10. The molecule has 39 heavy (non-hydrogen) atoms. The van der Waals surface area contributed by atoms with Gasteiger partial charge in [0.2, 0.25) is 0 Å². The average molecular weight is 573 g/mol.